The SMILES string of the molecule is COC1=CC(c2ccc[nH]2)=N/C1=C/c1ccc(CCCCCCCCC[C@H](C)O)[nH]1. The first-order chi connectivity index (χ1) is 14.7. The van der Waals surface area contributed by atoms with Crippen molar-refractivity contribution in [1.82, 2.24) is 9.97 Å². The van der Waals surface area contributed by atoms with E-state index in [-0.39, 0.29) is 6.10 Å². The molecule has 0 bridgehead atoms. The van der Waals surface area contributed by atoms with E-state index in [1.165, 1.54) is 44.2 Å². The second-order valence-electron chi connectivity index (χ2n) is 8.12. The fourth-order valence-electron chi connectivity index (χ4n) is 3.79. The maximum atomic E-state index is 9.27. The fourth-order valence-corrected chi connectivity index (χ4v) is 3.79. The molecule has 1 aliphatic rings. The number of methoxy groups -OCH3 is 1. The number of aromatic amines is 2. The number of hydrogen-bond donors (Lipinski definition) is 3. The van der Waals surface area contributed by atoms with Crippen molar-refractivity contribution < 1.29 is 9.84 Å². The summed E-state index contributed by atoms with van der Waals surface area (Å²) in [6, 6.07) is 8.26. The van der Waals surface area contributed by atoms with Crippen LogP contribution in [0.3, 0.4) is 0 Å². The minimum Gasteiger partial charge on any atom is -0.494 e. The fraction of sp³-hybridized carbons (Fsp3) is 0.480. The summed E-state index contributed by atoms with van der Waals surface area (Å²) in [7, 11) is 1.68. The molecular formula is C25H35N3O2. The first kappa shape index (κ1) is 22.2. The first-order valence-electron chi connectivity index (χ1n) is 11.2. The monoisotopic (exact) mass is 409 g/mol. The van der Waals surface area contributed by atoms with Crippen LogP contribution in [0.5, 0.6) is 0 Å². The highest BCUT2D eigenvalue weighted by Gasteiger charge is 2.17. The molecule has 3 N–H and O–H groups in total. The van der Waals surface area contributed by atoms with Gasteiger partial charge < -0.3 is 19.8 Å². The predicted octanol–water partition coefficient (Wildman–Crippen LogP) is 5.76. The summed E-state index contributed by atoms with van der Waals surface area (Å²) in [5.74, 6) is 0.782. The number of unbranched alkanes of at least 4 members (excludes halogenated alkanes) is 6. The van der Waals surface area contributed by atoms with Gasteiger partial charge in [-0.2, -0.15) is 0 Å². The number of aliphatic hydroxyl groups excluding tert-OH is 1. The van der Waals surface area contributed by atoms with Gasteiger partial charge in [0.2, 0.25) is 0 Å². The lowest BCUT2D eigenvalue weighted by molar-refractivity contribution is 0.180. The number of hydrogen-bond acceptors (Lipinski definition) is 3. The molecule has 1 aliphatic heterocycles. The van der Waals surface area contributed by atoms with Crippen molar-refractivity contribution in [2.24, 2.45) is 4.99 Å². The third-order valence-corrected chi connectivity index (χ3v) is 5.48. The van der Waals surface area contributed by atoms with Crippen LogP contribution < -0.4 is 0 Å². The number of ether oxygens (including phenoxy) is 1. The molecule has 0 fully saturated rings. The zero-order chi connectivity index (χ0) is 21.2. The summed E-state index contributed by atoms with van der Waals surface area (Å²) < 4.78 is 5.51. The lowest BCUT2D eigenvalue weighted by atomic mass is 10.1. The lowest BCUT2D eigenvalue weighted by Crippen LogP contribution is -1.98. The van der Waals surface area contributed by atoms with E-state index in [9.17, 15) is 5.11 Å². The van der Waals surface area contributed by atoms with Crippen molar-refractivity contribution >= 4 is 11.8 Å². The molecule has 0 saturated carbocycles. The van der Waals surface area contributed by atoms with E-state index in [1.807, 2.05) is 37.4 Å². The molecule has 30 heavy (non-hydrogen) atoms. The Morgan fingerprint density at radius 3 is 2.53 bits per heavy atom. The van der Waals surface area contributed by atoms with Gasteiger partial charge in [0.1, 0.15) is 11.5 Å². The minimum absolute atomic E-state index is 0.148. The minimum atomic E-state index is -0.148. The highest BCUT2D eigenvalue weighted by Crippen LogP contribution is 2.24. The normalized spacial score (nSPS) is 16.0. The number of nitrogens with one attached hydrogen (secondary N) is 2. The van der Waals surface area contributed by atoms with Crippen LogP contribution in [0, 0.1) is 0 Å². The quantitative estimate of drug-likeness (QED) is 0.368. The largest absolute Gasteiger partial charge is 0.494 e. The summed E-state index contributed by atoms with van der Waals surface area (Å²) in [5, 5.41) is 9.27. The van der Waals surface area contributed by atoms with Gasteiger partial charge >= 0.3 is 0 Å². The van der Waals surface area contributed by atoms with E-state index in [4.69, 9.17) is 9.73 Å². The maximum Gasteiger partial charge on any atom is 0.146 e. The van der Waals surface area contributed by atoms with E-state index >= 15 is 0 Å². The maximum absolute atomic E-state index is 9.27. The molecule has 0 spiro atoms. The first-order valence-corrected chi connectivity index (χ1v) is 11.2. The number of aryl methyl sites for hydroxylation is 1. The Bertz CT molecular complexity index is 857. The van der Waals surface area contributed by atoms with Gasteiger partial charge in [0.25, 0.3) is 0 Å². The molecule has 3 rings (SSSR count). The van der Waals surface area contributed by atoms with Gasteiger partial charge in [-0.1, -0.05) is 38.5 Å². The average molecular weight is 410 g/mol. The molecule has 0 unspecified atom stereocenters. The lowest BCUT2D eigenvalue weighted by Gasteiger charge is -2.04. The Morgan fingerprint density at radius 2 is 1.83 bits per heavy atom. The van der Waals surface area contributed by atoms with Crippen LogP contribution in [0.4, 0.5) is 0 Å². The van der Waals surface area contributed by atoms with Crippen molar-refractivity contribution in [3.05, 3.63) is 65.1 Å². The van der Waals surface area contributed by atoms with Crippen molar-refractivity contribution in [1.29, 1.82) is 0 Å². The smallest absolute Gasteiger partial charge is 0.146 e. The summed E-state index contributed by atoms with van der Waals surface area (Å²) >= 11 is 0. The Balaban J connectivity index is 1.41. The zero-order valence-electron chi connectivity index (χ0n) is 18.3. The predicted molar refractivity (Wildman–Crippen MR) is 124 cm³/mol. The molecule has 0 saturated heterocycles. The number of rotatable bonds is 13. The van der Waals surface area contributed by atoms with E-state index < -0.39 is 0 Å². The molecule has 0 amide bonds. The number of nitrogens with zero attached hydrogens (tertiary/aromatic N) is 1. The third kappa shape index (κ3) is 6.77. The van der Waals surface area contributed by atoms with E-state index in [0.717, 1.165) is 47.8 Å². The van der Waals surface area contributed by atoms with Crippen molar-refractivity contribution in [3.8, 4) is 0 Å². The van der Waals surface area contributed by atoms with Crippen LogP contribution in [0.25, 0.3) is 6.08 Å². The van der Waals surface area contributed by atoms with Crippen LogP contribution >= 0.6 is 0 Å². The molecule has 2 aromatic heterocycles. The second-order valence-corrected chi connectivity index (χ2v) is 8.12. The Morgan fingerprint density at radius 1 is 1.07 bits per heavy atom. The van der Waals surface area contributed by atoms with Gasteiger partial charge in [-0.05, 0) is 56.5 Å². The topological polar surface area (TPSA) is 73.4 Å². The van der Waals surface area contributed by atoms with Gasteiger partial charge in [0.15, 0.2) is 0 Å². The van der Waals surface area contributed by atoms with Crippen molar-refractivity contribution in [2.45, 2.75) is 70.8 Å². The van der Waals surface area contributed by atoms with Crippen LogP contribution in [0.2, 0.25) is 0 Å². The molecule has 3 heterocycles. The van der Waals surface area contributed by atoms with Crippen LogP contribution in [0.15, 0.2) is 53.0 Å². The summed E-state index contributed by atoms with van der Waals surface area (Å²) in [5.41, 5.74) is 5.04. The van der Waals surface area contributed by atoms with E-state index in [0.29, 0.717) is 0 Å². The van der Waals surface area contributed by atoms with E-state index in [1.54, 1.807) is 7.11 Å². The Kier molecular flexibility index (Phi) is 8.57. The Labute approximate surface area is 180 Å². The molecular weight excluding hydrogens is 374 g/mol. The molecule has 1 atom stereocenters. The van der Waals surface area contributed by atoms with Crippen molar-refractivity contribution in [3.63, 3.8) is 0 Å². The van der Waals surface area contributed by atoms with Crippen molar-refractivity contribution in [2.75, 3.05) is 7.11 Å². The molecule has 0 aliphatic carbocycles. The van der Waals surface area contributed by atoms with Gasteiger partial charge in [-0.3, -0.25) is 0 Å². The van der Waals surface area contributed by atoms with Crippen LogP contribution in [-0.2, 0) is 11.2 Å². The third-order valence-electron chi connectivity index (χ3n) is 5.48. The number of H-pyrrole nitrogens is 2. The van der Waals surface area contributed by atoms with Gasteiger partial charge in [0.05, 0.1) is 24.6 Å². The number of aliphatic hydroxyl groups is 1. The van der Waals surface area contributed by atoms with Gasteiger partial charge in [0, 0.05) is 23.7 Å². The zero-order valence-corrected chi connectivity index (χ0v) is 18.3. The number of aliphatic imine (C=N–C) groups is 1. The van der Waals surface area contributed by atoms with E-state index in [2.05, 4.69) is 22.1 Å². The standard InChI is InChI=1S/C25H35N3O2/c1-19(29)11-8-6-4-3-5-7-9-12-20-14-15-21(27-20)17-24-25(30-2)18-23(28-24)22-13-10-16-26-22/h10,13-19,26-27,29H,3-9,11-12H2,1-2H3/b24-17+/t19-/m0/s1. The molecule has 2 aromatic rings. The number of allylic oxidation sites excluding steroid dienone is 1. The molecule has 162 valence electrons. The van der Waals surface area contributed by atoms with Crippen LogP contribution in [0.1, 0.15) is 75.4 Å². The summed E-state index contributed by atoms with van der Waals surface area (Å²) in [4.78, 5) is 11.4. The molecule has 0 radical (unpaired) electrons. The highest BCUT2D eigenvalue weighted by atomic mass is 16.5. The second kappa shape index (κ2) is 11.6. The summed E-state index contributed by atoms with van der Waals surface area (Å²) in [6.07, 6.45) is 16.5. The Hall–Kier alpha value is -2.53. The molecule has 5 heteroatoms. The van der Waals surface area contributed by atoms with Crippen LogP contribution in [-0.4, -0.2) is 34.0 Å². The average Bonchev–Trinajstić information content (AvgIpc) is 3.47. The van der Waals surface area contributed by atoms with Gasteiger partial charge in [-0.25, -0.2) is 4.99 Å². The molecule has 0 aromatic carbocycles. The molecule has 5 nitrogen and oxygen atoms in total. The summed E-state index contributed by atoms with van der Waals surface area (Å²) in [6.45, 7) is 1.87. The van der Waals surface area contributed by atoms with Gasteiger partial charge in [-0.15, -0.1) is 0 Å². The number of aromatic nitrogens is 2. The highest BCUT2D eigenvalue weighted by molar-refractivity contribution is 6.11.